The van der Waals surface area contributed by atoms with Crippen LogP contribution in [0.5, 0.6) is 0 Å². The Bertz CT molecular complexity index is 903. The van der Waals surface area contributed by atoms with E-state index in [1.807, 2.05) is 6.07 Å². The molecule has 132 valence electrons. The molecule has 0 aliphatic heterocycles. The van der Waals surface area contributed by atoms with Gasteiger partial charge in [0.05, 0.1) is 6.04 Å². The predicted octanol–water partition coefficient (Wildman–Crippen LogP) is 5.69. The van der Waals surface area contributed by atoms with Crippen molar-refractivity contribution in [2.75, 3.05) is 5.32 Å². The zero-order valence-electron chi connectivity index (χ0n) is 15.4. The Hall–Kier alpha value is -2.65. The van der Waals surface area contributed by atoms with E-state index in [1.165, 1.54) is 27.8 Å². The van der Waals surface area contributed by atoms with E-state index in [4.69, 9.17) is 12.2 Å². The lowest BCUT2D eigenvalue weighted by molar-refractivity contribution is 0.762. The zero-order valence-corrected chi connectivity index (χ0v) is 16.2. The first-order valence-electron chi connectivity index (χ1n) is 8.80. The molecular weight excluding hydrogens is 336 g/mol. The van der Waals surface area contributed by atoms with Crippen LogP contribution >= 0.6 is 12.2 Å². The van der Waals surface area contributed by atoms with Crippen LogP contribution in [0.1, 0.15) is 33.9 Å². The Kier molecular flexibility index (Phi) is 5.69. The highest BCUT2D eigenvalue weighted by Crippen LogP contribution is 2.25. The van der Waals surface area contributed by atoms with Crippen LogP contribution in [-0.4, -0.2) is 5.11 Å². The standard InChI is InChI=1S/C23H24N2S/c1-16-13-14-20(15-18(16)3)24-23(26)25-22(19-10-5-4-6-11-19)21-12-8-7-9-17(21)2/h4-15,22H,1-3H3,(H2,24,25,26). The maximum atomic E-state index is 5.61. The number of aryl methyl sites for hydroxylation is 3. The van der Waals surface area contributed by atoms with Crippen molar-refractivity contribution in [1.29, 1.82) is 0 Å². The second kappa shape index (κ2) is 8.15. The summed E-state index contributed by atoms with van der Waals surface area (Å²) < 4.78 is 0. The highest BCUT2D eigenvalue weighted by atomic mass is 32.1. The van der Waals surface area contributed by atoms with Gasteiger partial charge in [-0.2, -0.15) is 0 Å². The van der Waals surface area contributed by atoms with E-state index >= 15 is 0 Å². The topological polar surface area (TPSA) is 24.1 Å². The molecule has 3 aromatic rings. The normalized spacial score (nSPS) is 11.7. The summed E-state index contributed by atoms with van der Waals surface area (Å²) in [6, 6.07) is 25.1. The number of hydrogen-bond donors (Lipinski definition) is 2. The number of anilines is 1. The third kappa shape index (κ3) is 4.30. The van der Waals surface area contributed by atoms with Crippen LogP contribution < -0.4 is 10.6 Å². The van der Waals surface area contributed by atoms with E-state index in [-0.39, 0.29) is 6.04 Å². The third-order valence-electron chi connectivity index (χ3n) is 4.67. The zero-order chi connectivity index (χ0) is 18.5. The van der Waals surface area contributed by atoms with E-state index in [9.17, 15) is 0 Å². The van der Waals surface area contributed by atoms with Crippen molar-refractivity contribution in [3.8, 4) is 0 Å². The minimum atomic E-state index is 0.00365. The lowest BCUT2D eigenvalue weighted by atomic mass is 9.95. The second-order valence-corrected chi connectivity index (χ2v) is 7.01. The molecule has 0 saturated heterocycles. The Morgan fingerprint density at radius 3 is 2.15 bits per heavy atom. The number of rotatable bonds is 4. The molecule has 3 aromatic carbocycles. The SMILES string of the molecule is Cc1ccc(NC(=S)NC(c2ccccc2)c2ccccc2C)cc1C. The fraction of sp³-hybridized carbons (Fsp3) is 0.174. The predicted molar refractivity (Wildman–Crippen MR) is 115 cm³/mol. The van der Waals surface area contributed by atoms with Crippen LogP contribution in [0.25, 0.3) is 0 Å². The molecule has 1 atom stereocenters. The monoisotopic (exact) mass is 360 g/mol. The van der Waals surface area contributed by atoms with E-state index in [0.717, 1.165) is 5.69 Å². The average Bonchev–Trinajstić information content (AvgIpc) is 2.64. The first-order chi connectivity index (χ1) is 12.5. The molecule has 0 amide bonds. The van der Waals surface area contributed by atoms with E-state index < -0.39 is 0 Å². The number of hydrogen-bond acceptors (Lipinski definition) is 1. The fourth-order valence-corrected chi connectivity index (χ4v) is 3.25. The molecule has 0 bridgehead atoms. The summed E-state index contributed by atoms with van der Waals surface area (Å²) in [4.78, 5) is 0. The first-order valence-corrected chi connectivity index (χ1v) is 9.20. The number of benzene rings is 3. The molecule has 2 N–H and O–H groups in total. The molecule has 0 saturated carbocycles. The fourth-order valence-electron chi connectivity index (χ4n) is 3.01. The van der Waals surface area contributed by atoms with Crippen LogP contribution in [-0.2, 0) is 0 Å². The van der Waals surface area contributed by atoms with Gasteiger partial charge in [-0.15, -0.1) is 0 Å². The molecule has 0 aliphatic rings. The smallest absolute Gasteiger partial charge is 0.171 e. The molecule has 3 heteroatoms. The van der Waals surface area contributed by atoms with Gasteiger partial charge in [0.1, 0.15) is 0 Å². The number of nitrogens with one attached hydrogen (secondary N) is 2. The molecular formula is C23H24N2S. The number of thiocarbonyl (C=S) groups is 1. The minimum Gasteiger partial charge on any atom is -0.352 e. The van der Waals surface area contributed by atoms with Gasteiger partial charge >= 0.3 is 0 Å². The summed E-state index contributed by atoms with van der Waals surface area (Å²) in [7, 11) is 0. The van der Waals surface area contributed by atoms with Gasteiger partial charge in [-0.3, -0.25) is 0 Å². The van der Waals surface area contributed by atoms with Crippen molar-refractivity contribution in [2.45, 2.75) is 26.8 Å². The van der Waals surface area contributed by atoms with Gasteiger partial charge in [-0.25, -0.2) is 0 Å². The minimum absolute atomic E-state index is 0.00365. The second-order valence-electron chi connectivity index (χ2n) is 6.60. The molecule has 1 unspecified atom stereocenters. The summed E-state index contributed by atoms with van der Waals surface area (Å²) in [6.45, 7) is 6.35. The lowest BCUT2D eigenvalue weighted by Gasteiger charge is -2.23. The quantitative estimate of drug-likeness (QED) is 0.585. The van der Waals surface area contributed by atoms with Crippen molar-refractivity contribution in [3.63, 3.8) is 0 Å². The molecule has 0 aromatic heterocycles. The van der Waals surface area contributed by atoms with Crippen molar-refractivity contribution in [1.82, 2.24) is 5.32 Å². The molecule has 0 spiro atoms. The Morgan fingerprint density at radius 1 is 0.769 bits per heavy atom. The molecule has 0 aliphatic carbocycles. The molecule has 0 fully saturated rings. The average molecular weight is 361 g/mol. The van der Waals surface area contributed by atoms with Gasteiger partial charge in [0.15, 0.2) is 5.11 Å². The van der Waals surface area contributed by atoms with Crippen molar-refractivity contribution >= 4 is 23.0 Å². The van der Waals surface area contributed by atoms with Gasteiger partial charge in [-0.05, 0) is 72.9 Å². The van der Waals surface area contributed by atoms with Crippen molar-refractivity contribution in [2.24, 2.45) is 0 Å². The Balaban J connectivity index is 1.85. The van der Waals surface area contributed by atoms with Crippen molar-refractivity contribution in [3.05, 3.63) is 101 Å². The lowest BCUT2D eigenvalue weighted by Crippen LogP contribution is -2.33. The van der Waals surface area contributed by atoms with E-state index in [2.05, 4.69) is 98.1 Å². The van der Waals surface area contributed by atoms with Crippen LogP contribution in [0.2, 0.25) is 0 Å². The van der Waals surface area contributed by atoms with Gasteiger partial charge < -0.3 is 10.6 Å². The van der Waals surface area contributed by atoms with E-state index in [0.29, 0.717) is 5.11 Å². The maximum Gasteiger partial charge on any atom is 0.171 e. The summed E-state index contributed by atoms with van der Waals surface area (Å²) in [5, 5.41) is 7.43. The van der Waals surface area contributed by atoms with Crippen LogP contribution in [0.4, 0.5) is 5.69 Å². The van der Waals surface area contributed by atoms with Crippen LogP contribution in [0, 0.1) is 20.8 Å². The highest BCUT2D eigenvalue weighted by Gasteiger charge is 2.17. The summed E-state index contributed by atoms with van der Waals surface area (Å²) in [5.74, 6) is 0. The molecule has 0 heterocycles. The summed E-state index contributed by atoms with van der Waals surface area (Å²) in [6.07, 6.45) is 0. The van der Waals surface area contributed by atoms with Gasteiger partial charge in [-0.1, -0.05) is 60.7 Å². The third-order valence-corrected chi connectivity index (χ3v) is 4.89. The van der Waals surface area contributed by atoms with Gasteiger partial charge in [0, 0.05) is 5.69 Å². The van der Waals surface area contributed by atoms with Gasteiger partial charge in [0.25, 0.3) is 0 Å². The Morgan fingerprint density at radius 2 is 1.46 bits per heavy atom. The van der Waals surface area contributed by atoms with Crippen LogP contribution in [0.15, 0.2) is 72.8 Å². The van der Waals surface area contributed by atoms with E-state index in [1.54, 1.807) is 0 Å². The largest absolute Gasteiger partial charge is 0.352 e. The molecule has 26 heavy (non-hydrogen) atoms. The maximum absolute atomic E-state index is 5.61. The Labute approximate surface area is 161 Å². The summed E-state index contributed by atoms with van der Waals surface area (Å²) in [5.41, 5.74) is 7.17. The van der Waals surface area contributed by atoms with Crippen LogP contribution in [0.3, 0.4) is 0 Å². The van der Waals surface area contributed by atoms with Crippen molar-refractivity contribution < 1.29 is 0 Å². The molecule has 2 nitrogen and oxygen atoms in total. The molecule has 3 rings (SSSR count). The highest BCUT2D eigenvalue weighted by molar-refractivity contribution is 7.80. The first kappa shape index (κ1) is 18.2. The van der Waals surface area contributed by atoms with Gasteiger partial charge in [0.2, 0.25) is 0 Å². The molecule has 0 radical (unpaired) electrons. The summed E-state index contributed by atoms with van der Waals surface area (Å²) >= 11 is 5.61.